The van der Waals surface area contributed by atoms with Gasteiger partial charge in [-0.05, 0) is 56.1 Å². The molecule has 1 aromatic carbocycles. The number of hydrogen-bond donors (Lipinski definition) is 1. The van der Waals surface area contributed by atoms with Gasteiger partial charge in [-0.15, -0.1) is 11.3 Å². The van der Waals surface area contributed by atoms with E-state index >= 15 is 0 Å². The second kappa shape index (κ2) is 10.4. The molecule has 1 N–H and O–H groups in total. The summed E-state index contributed by atoms with van der Waals surface area (Å²) in [7, 11) is 0. The second-order valence-electron chi connectivity index (χ2n) is 8.71. The number of carbonyl (C=O) groups is 1. The van der Waals surface area contributed by atoms with Gasteiger partial charge in [0.15, 0.2) is 5.16 Å². The molecule has 0 radical (unpaired) electrons. The first kappa shape index (κ1) is 22.6. The highest BCUT2D eigenvalue weighted by Gasteiger charge is 2.23. The third-order valence-electron chi connectivity index (χ3n) is 6.39. The zero-order valence-corrected chi connectivity index (χ0v) is 20.3. The fourth-order valence-electron chi connectivity index (χ4n) is 4.63. The Hall–Kier alpha value is -2.16. The molecule has 1 atom stereocenters. The highest BCUT2D eigenvalue weighted by molar-refractivity contribution is 7.99. The van der Waals surface area contributed by atoms with Gasteiger partial charge in [0.2, 0.25) is 5.91 Å². The molecule has 5 rings (SSSR count). The van der Waals surface area contributed by atoms with Crippen molar-refractivity contribution in [2.24, 2.45) is 0 Å². The Bertz CT molecular complexity index is 1180. The topological polar surface area (TPSA) is 73.2 Å². The van der Waals surface area contributed by atoms with E-state index in [1.54, 1.807) is 15.9 Å². The fraction of sp³-hybridized carbons (Fsp3) is 0.480. The van der Waals surface area contributed by atoms with Crippen molar-refractivity contribution >= 4 is 39.2 Å². The molecule has 1 aliphatic heterocycles. The Morgan fingerprint density at radius 3 is 2.88 bits per heavy atom. The van der Waals surface area contributed by atoms with Crippen LogP contribution in [0.25, 0.3) is 10.2 Å². The van der Waals surface area contributed by atoms with Crippen molar-refractivity contribution < 1.29 is 9.53 Å². The van der Waals surface area contributed by atoms with Crippen LogP contribution in [0.4, 0.5) is 0 Å². The number of nitrogens with one attached hydrogen (secondary N) is 1. The Labute approximate surface area is 201 Å². The smallest absolute Gasteiger partial charge is 0.263 e. The molecule has 6 nitrogen and oxygen atoms in total. The van der Waals surface area contributed by atoms with Crippen LogP contribution in [0.2, 0.25) is 0 Å². The Morgan fingerprint density at radius 1 is 1.21 bits per heavy atom. The average molecular weight is 484 g/mol. The summed E-state index contributed by atoms with van der Waals surface area (Å²) in [6, 6.07) is 10.2. The predicted octanol–water partition coefficient (Wildman–Crippen LogP) is 3.97. The average Bonchev–Trinajstić information content (AvgIpc) is 3.49. The predicted molar refractivity (Wildman–Crippen MR) is 133 cm³/mol. The molecule has 0 saturated carbocycles. The molecule has 3 aromatic rings. The van der Waals surface area contributed by atoms with Gasteiger partial charge >= 0.3 is 0 Å². The van der Waals surface area contributed by atoms with E-state index in [1.165, 1.54) is 34.2 Å². The molecule has 8 heteroatoms. The lowest BCUT2D eigenvalue weighted by atomic mass is 9.97. The molecule has 1 saturated heterocycles. The lowest BCUT2D eigenvalue weighted by molar-refractivity contribution is -0.119. The summed E-state index contributed by atoms with van der Waals surface area (Å²) in [6.07, 6.45) is 7.22. The molecule has 33 heavy (non-hydrogen) atoms. The third-order valence-corrected chi connectivity index (χ3v) is 8.55. The molecule has 3 heterocycles. The molecule has 1 fully saturated rings. The van der Waals surface area contributed by atoms with Gasteiger partial charge in [-0.25, -0.2) is 4.98 Å². The van der Waals surface area contributed by atoms with Crippen LogP contribution in [-0.2, 0) is 35.3 Å². The molecule has 2 aliphatic rings. The number of rotatable bonds is 8. The Kier molecular flexibility index (Phi) is 7.13. The maximum absolute atomic E-state index is 13.6. The Morgan fingerprint density at radius 2 is 2.06 bits per heavy atom. The fourth-order valence-corrected chi connectivity index (χ4v) is 6.78. The van der Waals surface area contributed by atoms with E-state index in [4.69, 9.17) is 9.72 Å². The van der Waals surface area contributed by atoms with Crippen molar-refractivity contribution in [1.29, 1.82) is 0 Å². The highest BCUT2D eigenvalue weighted by atomic mass is 32.2. The van der Waals surface area contributed by atoms with Gasteiger partial charge in [0.05, 0.1) is 17.2 Å². The van der Waals surface area contributed by atoms with Crippen molar-refractivity contribution in [3.63, 3.8) is 0 Å². The highest BCUT2D eigenvalue weighted by Crippen LogP contribution is 2.34. The summed E-state index contributed by atoms with van der Waals surface area (Å²) in [5.74, 6) is 0.186. The molecule has 2 aromatic heterocycles. The number of amides is 1. The molecule has 1 aliphatic carbocycles. The first-order chi connectivity index (χ1) is 16.2. The standard InChI is InChI=1S/C25H29N3O3S2/c29-21(26-15-18-9-6-14-31-18)16-32-25-27-23-22(19-10-4-5-11-20(19)33-23)24(30)28(25)13-12-17-7-2-1-3-8-17/h1-3,7-8,18H,4-6,9-16H2,(H,26,29)/t18-/m0/s1. The summed E-state index contributed by atoms with van der Waals surface area (Å²) in [6.45, 7) is 1.87. The van der Waals surface area contributed by atoms with Gasteiger partial charge in [-0.1, -0.05) is 42.1 Å². The van der Waals surface area contributed by atoms with Gasteiger partial charge in [-0.3, -0.25) is 14.2 Å². The minimum Gasteiger partial charge on any atom is -0.376 e. The van der Waals surface area contributed by atoms with Gasteiger partial charge < -0.3 is 10.1 Å². The maximum atomic E-state index is 13.6. The number of thiophene rings is 1. The van der Waals surface area contributed by atoms with Gasteiger partial charge in [0.1, 0.15) is 4.83 Å². The SMILES string of the molecule is O=C(CSc1nc2sc3c(c2c(=O)n1CCc1ccccc1)CCCC3)NC[C@@H]1CCCO1. The lowest BCUT2D eigenvalue weighted by Crippen LogP contribution is -2.33. The summed E-state index contributed by atoms with van der Waals surface area (Å²) in [5.41, 5.74) is 2.43. The monoisotopic (exact) mass is 483 g/mol. The number of thioether (sulfide) groups is 1. The molecule has 0 unspecified atom stereocenters. The number of nitrogens with zero attached hydrogens (tertiary/aromatic N) is 2. The van der Waals surface area contributed by atoms with E-state index in [9.17, 15) is 9.59 Å². The molecule has 0 spiro atoms. The van der Waals surface area contributed by atoms with E-state index in [1.807, 2.05) is 18.2 Å². The van der Waals surface area contributed by atoms with Crippen molar-refractivity contribution in [3.8, 4) is 0 Å². The number of hydrogen-bond acceptors (Lipinski definition) is 6. The lowest BCUT2D eigenvalue weighted by Gasteiger charge is -2.14. The van der Waals surface area contributed by atoms with Crippen LogP contribution in [0, 0.1) is 0 Å². The van der Waals surface area contributed by atoms with Crippen LogP contribution in [0.3, 0.4) is 0 Å². The number of carbonyl (C=O) groups excluding carboxylic acids is 1. The second-order valence-corrected chi connectivity index (χ2v) is 10.7. The number of ether oxygens (including phenoxy) is 1. The molecular weight excluding hydrogens is 454 g/mol. The van der Waals surface area contributed by atoms with E-state index in [-0.39, 0.29) is 23.3 Å². The summed E-state index contributed by atoms with van der Waals surface area (Å²) < 4.78 is 7.37. The van der Waals surface area contributed by atoms with Gasteiger partial charge in [0, 0.05) is 24.6 Å². The zero-order chi connectivity index (χ0) is 22.6. The van der Waals surface area contributed by atoms with Crippen LogP contribution < -0.4 is 10.9 Å². The number of aromatic nitrogens is 2. The molecule has 0 bridgehead atoms. The zero-order valence-electron chi connectivity index (χ0n) is 18.7. The first-order valence-corrected chi connectivity index (χ1v) is 13.6. The Balaban J connectivity index is 1.38. The minimum absolute atomic E-state index is 0.0394. The van der Waals surface area contributed by atoms with E-state index in [0.717, 1.165) is 55.3 Å². The van der Waals surface area contributed by atoms with Crippen LogP contribution in [-0.4, -0.2) is 40.5 Å². The maximum Gasteiger partial charge on any atom is 0.263 e. The quantitative estimate of drug-likeness (QED) is 0.388. The van der Waals surface area contributed by atoms with E-state index in [0.29, 0.717) is 18.2 Å². The number of aryl methyl sites for hydroxylation is 3. The van der Waals surface area contributed by atoms with Crippen molar-refractivity contribution in [1.82, 2.24) is 14.9 Å². The minimum atomic E-state index is -0.0510. The van der Waals surface area contributed by atoms with Gasteiger partial charge in [-0.2, -0.15) is 0 Å². The molecular formula is C25H29N3O3S2. The molecule has 1 amide bonds. The molecule has 174 valence electrons. The van der Waals surface area contributed by atoms with Crippen LogP contribution >= 0.6 is 23.1 Å². The summed E-state index contributed by atoms with van der Waals surface area (Å²) in [4.78, 5) is 33.2. The third kappa shape index (κ3) is 5.18. The first-order valence-electron chi connectivity index (χ1n) is 11.8. The normalized spacial score (nSPS) is 17.9. The summed E-state index contributed by atoms with van der Waals surface area (Å²) >= 11 is 3.01. The van der Waals surface area contributed by atoms with Crippen LogP contribution in [0.5, 0.6) is 0 Å². The van der Waals surface area contributed by atoms with E-state index in [2.05, 4.69) is 17.4 Å². The number of benzene rings is 1. The van der Waals surface area contributed by atoms with Crippen LogP contribution in [0.1, 0.15) is 41.7 Å². The number of fused-ring (bicyclic) bond motifs is 3. The van der Waals surface area contributed by atoms with Crippen molar-refractivity contribution in [3.05, 3.63) is 56.7 Å². The van der Waals surface area contributed by atoms with Crippen LogP contribution in [0.15, 0.2) is 40.3 Å². The van der Waals surface area contributed by atoms with Crippen molar-refractivity contribution in [2.75, 3.05) is 18.9 Å². The van der Waals surface area contributed by atoms with E-state index < -0.39 is 0 Å². The van der Waals surface area contributed by atoms with Gasteiger partial charge in [0.25, 0.3) is 5.56 Å². The largest absolute Gasteiger partial charge is 0.376 e. The van der Waals surface area contributed by atoms with Crippen molar-refractivity contribution in [2.45, 2.75) is 62.8 Å². The summed E-state index contributed by atoms with van der Waals surface area (Å²) in [5, 5.41) is 4.40.